The first-order valence-electron chi connectivity index (χ1n) is 9.60. The molecule has 27 heavy (non-hydrogen) atoms. The fourth-order valence-corrected chi connectivity index (χ4v) is 2.82. The molecule has 5 nitrogen and oxygen atoms in total. The summed E-state index contributed by atoms with van der Waals surface area (Å²) in [6.45, 7) is 3.18. The highest BCUT2D eigenvalue weighted by Crippen LogP contribution is 2.30. The summed E-state index contributed by atoms with van der Waals surface area (Å²) in [6.07, 6.45) is 4.27. The molecule has 2 amide bonds. The van der Waals surface area contributed by atoms with Crippen molar-refractivity contribution >= 4 is 28.9 Å². The molecule has 2 N–H and O–H groups in total. The van der Waals surface area contributed by atoms with Gasteiger partial charge in [-0.15, -0.1) is 0 Å². The maximum absolute atomic E-state index is 12.4. The molecule has 1 aliphatic carbocycles. The summed E-state index contributed by atoms with van der Waals surface area (Å²) in [5, 5.41) is 5.78. The van der Waals surface area contributed by atoms with Crippen molar-refractivity contribution < 1.29 is 9.59 Å². The van der Waals surface area contributed by atoms with Gasteiger partial charge < -0.3 is 15.5 Å². The van der Waals surface area contributed by atoms with E-state index in [0.717, 1.165) is 43.6 Å². The average molecular weight is 365 g/mol. The first-order chi connectivity index (χ1) is 13.1. The van der Waals surface area contributed by atoms with E-state index in [1.807, 2.05) is 36.4 Å². The minimum atomic E-state index is -0.146. The SMILES string of the molecule is CCCCN(C)c1ccc(C(=O)Nc2ccc(NC(=O)C3CC3)cc2)cc1. The van der Waals surface area contributed by atoms with Gasteiger partial charge in [-0.25, -0.2) is 0 Å². The van der Waals surface area contributed by atoms with Gasteiger partial charge in [0.25, 0.3) is 5.91 Å². The van der Waals surface area contributed by atoms with Crippen LogP contribution in [0.1, 0.15) is 43.0 Å². The number of benzene rings is 2. The molecule has 142 valence electrons. The molecule has 0 bridgehead atoms. The highest BCUT2D eigenvalue weighted by molar-refractivity contribution is 6.04. The van der Waals surface area contributed by atoms with Crippen LogP contribution in [0.4, 0.5) is 17.1 Å². The van der Waals surface area contributed by atoms with Crippen molar-refractivity contribution in [3.8, 4) is 0 Å². The molecule has 0 saturated heterocycles. The molecule has 1 saturated carbocycles. The smallest absolute Gasteiger partial charge is 0.255 e. The molecule has 1 aliphatic rings. The number of carbonyl (C=O) groups excluding carboxylic acids is 2. The molecular formula is C22H27N3O2. The minimum Gasteiger partial charge on any atom is -0.375 e. The molecule has 5 heteroatoms. The zero-order chi connectivity index (χ0) is 19.2. The second kappa shape index (κ2) is 8.71. The van der Waals surface area contributed by atoms with E-state index in [-0.39, 0.29) is 17.7 Å². The molecule has 0 aromatic heterocycles. The van der Waals surface area contributed by atoms with Crippen LogP contribution in [0.5, 0.6) is 0 Å². The third-order valence-corrected chi connectivity index (χ3v) is 4.78. The van der Waals surface area contributed by atoms with Crippen LogP contribution < -0.4 is 15.5 Å². The van der Waals surface area contributed by atoms with Crippen molar-refractivity contribution in [2.75, 3.05) is 29.1 Å². The highest BCUT2D eigenvalue weighted by atomic mass is 16.2. The average Bonchev–Trinajstić information content (AvgIpc) is 3.53. The summed E-state index contributed by atoms with van der Waals surface area (Å²) in [5.74, 6) is 0.108. The molecule has 0 unspecified atom stereocenters. The summed E-state index contributed by atoms with van der Waals surface area (Å²) >= 11 is 0. The third-order valence-electron chi connectivity index (χ3n) is 4.78. The Hall–Kier alpha value is -2.82. The number of hydrogen-bond acceptors (Lipinski definition) is 3. The molecular weight excluding hydrogens is 338 g/mol. The van der Waals surface area contributed by atoms with E-state index in [2.05, 4.69) is 29.5 Å². The molecule has 2 aromatic rings. The lowest BCUT2D eigenvalue weighted by atomic mass is 10.1. The fourth-order valence-electron chi connectivity index (χ4n) is 2.82. The molecule has 0 heterocycles. The van der Waals surface area contributed by atoms with Crippen LogP contribution >= 0.6 is 0 Å². The van der Waals surface area contributed by atoms with Crippen molar-refractivity contribution in [2.45, 2.75) is 32.6 Å². The van der Waals surface area contributed by atoms with Crippen LogP contribution in [0, 0.1) is 5.92 Å². The lowest BCUT2D eigenvalue weighted by Crippen LogP contribution is -2.18. The fraction of sp³-hybridized carbons (Fsp3) is 0.364. The first kappa shape index (κ1) is 19.0. The summed E-state index contributed by atoms with van der Waals surface area (Å²) in [7, 11) is 2.06. The van der Waals surface area contributed by atoms with Gasteiger partial charge in [0, 0.05) is 42.1 Å². The van der Waals surface area contributed by atoms with E-state index in [1.54, 1.807) is 12.1 Å². The van der Waals surface area contributed by atoms with Gasteiger partial charge in [-0.2, -0.15) is 0 Å². The molecule has 2 aromatic carbocycles. The van der Waals surface area contributed by atoms with Gasteiger partial charge in [0.1, 0.15) is 0 Å². The molecule has 3 rings (SSSR count). The quantitative estimate of drug-likeness (QED) is 0.723. The summed E-state index contributed by atoms with van der Waals surface area (Å²) in [6, 6.07) is 14.8. The van der Waals surface area contributed by atoms with Crippen molar-refractivity contribution in [1.82, 2.24) is 0 Å². The highest BCUT2D eigenvalue weighted by Gasteiger charge is 2.29. The number of rotatable bonds is 8. The van der Waals surface area contributed by atoms with E-state index >= 15 is 0 Å². The number of nitrogens with zero attached hydrogens (tertiary/aromatic N) is 1. The number of nitrogens with one attached hydrogen (secondary N) is 2. The normalized spacial score (nSPS) is 13.1. The molecule has 0 atom stereocenters. The number of hydrogen-bond donors (Lipinski definition) is 2. The predicted molar refractivity (Wildman–Crippen MR) is 110 cm³/mol. The van der Waals surface area contributed by atoms with Gasteiger partial charge in [-0.1, -0.05) is 13.3 Å². The molecule has 0 spiro atoms. The van der Waals surface area contributed by atoms with E-state index < -0.39 is 0 Å². The number of anilines is 3. The second-order valence-corrected chi connectivity index (χ2v) is 7.12. The Labute approximate surface area is 160 Å². The van der Waals surface area contributed by atoms with E-state index in [0.29, 0.717) is 11.3 Å². The van der Waals surface area contributed by atoms with Gasteiger partial charge in [0.05, 0.1) is 0 Å². The summed E-state index contributed by atoms with van der Waals surface area (Å²) in [4.78, 5) is 26.4. The van der Waals surface area contributed by atoms with Gasteiger partial charge in [-0.05, 0) is 67.8 Å². The van der Waals surface area contributed by atoms with E-state index in [1.165, 1.54) is 0 Å². The van der Waals surface area contributed by atoms with Crippen LogP contribution in [-0.4, -0.2) is 25.4 Å². The Morgan fingerprint density at radius 2 is 1.56 bits per heavy atom. The Bertz CT molecular complexity index is 780. The Kier molecular flexibility index (Phi) is 6.12. The maximum Gasteiger partial charge on any atom is 0.255 e. The number of unbranched alkanes of at least 4 members (excludes halogenated alkanes) is 1. The first-order valence-corrected chi connectivity index (χ1v) is 9.60. The zero-order valence-electron chi connectivity index (χ0n) is 16.0. The van der Waals surface area contributed by atoms with Crippen LogP contribution in [0.25, 0.3) is 0 Å². The predicted octanol–water partition coefficient (Wildman–Crippen LogP) is 4.52. The van der Waals surface area contributed by atoms with Gasteiger partial charge in [0.2, 0.25) is 5.91 Å². The van der Waals surface area contributed by atoms with Crippen molar-refractivity contribution in [2.24, 2.45) is 5.92 Å². The Balaban J connectivity index is 1.55. The van der Waals surface area contributed by atoms with Crippen LogP contribution in [0.15, 0.2) is 48.5 Å². The standard InChI is InChI=1S/C22H27N3O2/c1-3-4-15-25(2)20-13-7-17(8-14-20)22(27)24-19-11-9-18(10-12-19)23-21(26)16-5-6-16/h7-14,16H,3-6,15H2,1-2H3,(H,23,26)(H,24,27). The maximum atomic E-state index is 12.4. The van der Waals surface area contributed by atoms with Crippen LogP contribution in [0.2, 0.25) is 0 Å². The summed E-state index contributed by atoms with van der Waals surface area (Å²) in [5.41, 5.74) is 3.18. The van der Waals surface area contributed by atoms with Gasteiger partial charge in [0.15, 0.2) is 0 Å². The zero-order valence-corrected chi connectivity index (χ0v) is 16.0. The minimum absolute atomic E-state index is 0.0794. The van der Waals surface area contributed by atoms with E-state index in [9.17, 15) is 9.59 Å². The number of carbonyl (C=O) groups is 2. The van der Waals surface area contributed by atoms with Crippen LogP contribution in [0.3, 0.4) is 0 Å². The van der Waals surface area contributed by atoms with Crippen molar-refractivity contribution in [3.05, 3.63) is 54.1 Å². The molecule has 0 aliphatic heterocycles. The number of amides is 2. The monoisotopic (exact) mass is 365 g/mol. The Morgan fingerprint density at radius 1 is 0.963 bits per heavy atom. The third kappa shape index (κ3) is 5.33. The van der Waals surface area contributed by atoms with E-state index in [4.69, 9.17) is 0 Å². The molecule has 1 fully saturated rings. The lowest BCUT2D eigenvalue weighted by Gasteiger charge is -2.19. The lowest BCUT2D eigenvalue weighted by molar-refractivity contribution is -0.117. The van der Waals surface area contributed by atoms with Crippen molar-refractivity contribution in [1.29, 1.82) is 0 Å². The van der Waals surface area contributed by atoms with Crippen LogP contribution in [-0.2, 0) is 4.79 Å². The second-order valence-electron chi connectivity index (χ2n) is 7.12. The van der Waals surface area contributed by atoms with Crippen molar-refractivity contribution in [3.63, 3.8) is 0 Å². The molecule has 0 radical (unpaired) electrons. The Morgan fingerprint density at radius 3 is 2.11 bits per heavy atom. The largest absolute Gasteiger partial charge is 0.375 e. The van der Waals surface area contributed by atoms with Gasteiger partial charge >= 0.3 is 0 Å². The summed E-state index contributed by atoms with van der Waals surface area (Å²) < 4.78 is 0. The van der Waals surface area contributed by atoms with Gasteiger partial charge in [-0.3, -0.25) is 9.59 Å². The topological polar surface area (TPSA) is 61.4 Å².